The molecule has 2 atom stereocenters. The molecule has 1 fully saturated rings. The van der Waals surface area contributed by atoms with Gasteiger partial charge in [0.05, 0.1) is 13.2 Å². The Labute approximate surface area is 235 Å². The molecule has 3 aliphatic rings. The van der Waals surface area contributed by atoms with Crippen molar-refractivity contribution in [1.82, 2.24) is 20.5 Å². The zero-order valence-corrected chi connectivity index (χ0v) is 22.3. The van der Waals surface area contributed by atoms with Crippen LogP contribution < -0.4 is 24.8 Å². The molecular formula is C30H28N4O7. The second-order valence-corrected chi connectivity index (χ2v) is 9.84. The molecule has 1 aromatic heterocycles. The summed E-state index contributed by atoms with van der Waals surface area (Å²) in [6, 6.07) is 18.7. The highest BCUT2D eigenvalue weighted by molar-refractivity contribution is 5.95. The first-order chi connectivity index (χ1) is 20.0. The predicted octanol–water partition coefficient (Wildman–Crippen LogP) is 2.94. The van der Waals surface area contributed by atoms with Gasteiger partial charge in [-0.3, -0.25) is 14.4 Å². The Morgan fingerprint density at radius 2 is 1.90 bits per heavy atom. The number of nitrogens with zero attached hydrogens (tertiary/aromatic N) is 2. The van der Waals surface area contributed by atoms with Gasteiger partial charge in [-0.25, -0.2) is 4.98 Å². The average Bonchev–Trinajstić information content (AvgIpc) is 3.44. The molecule has 0 saturated carbocycles. The van der Waals surface area contributed by atoms with Gasteiger partial charge in [0.15, 0.2) is 23.7 Å². The fourth-order valence-corrected chi connectivity index (χ4v) is 4.93. The summed E-state index contributed by atoms with van der Waals surface area (Å²) >= 11 is 0. The van der Waals surface area contributed by atoms with Gasteiger partial charge in [-0.1, -0.05) is 24.3 Å². The molecule has 7 rings (SSSR count). The van der Waals surface area contributed by atoms with Crippen molar-refractivity contribution in [3.63, 3.8) is 0 Å². The van der Waals surface area contributed by atoms with Crippen molar-refractivity contribution in [1.29, 1.82) is 0 Å². The third-order valence-corrected chi connectivity index (χ3v) is 7.12. The molecule has 4 bridgehead atoms. The molecule has 1 saturated heterocycles. The molecule has 11 nitrogen and oxygen atoms in total. The second-order valence-electron chi connectivity index (χ2n) is 9.84. The van der Waals surface area contributed by atoms with E-state index in [0.717, 1.165) is 5.56 Å². The molecule has 4 aromatic rings. The lowest BCUT2D eigenvalue weighted by atomic mass is 10.0. The van der Waals surface area contributed by atoms with E-state index < -0.39 is 18.1 Å². The van der Waals surface area contributed by atoms with E-state index in [-0.39, 0.29) is 36.6 Å². The number of nitrogens with one attached hydrogen (secondary N) is 2. The number of carbonyl (C=O) groups is 3. The summed E-state index contributed by atoms with van der Waals surface area (Å²) < 4.78 is 23.1. The first-order valence-corrected chi connectivity index (χ1v) is 13.3. The Bertz CT molecular complexity index is 1570. The summed E-state index contributed by atoms with van der Waals surface area (Å²) in [4.78, 5) is 45.2. The van der Waals surface area contributed by atoms with E-state index in [4.69, 9.17) is 18.6 Å². The highest BCUT2D eigenvalue weighted by atomic mass is 16.5. The van der Waals surface area contributed by atoms with Crippen LogP contribution in [-0.2, 0) is 11.3 Å². The van der Waals surface area contributed by atoms with Crippen molar-refractivity contribution >= 4 is 28.8 Å². The molecule has 3 amide bonds. The van der Waals surface area contributed by atoms with E-state index in [0.29, 0.717) is 47.7 Å². The molecular weight excluding hydrogens is 528 g/mol. The lowest BCUT2D eigenvalue weighted by Crippen LogP contribution is -2.58. The van der Waals surface area contributed by atoms with Gasteiger partial charge < -0.3 is 34.2 Å². The zero-order valence-electron chi connectivity index (χ0n) is 22.3. The predicted molar refractivity (Wildman–Crippen MR) is 147 cm³/mol. The van der Waals surface area contributed by atoms with Crippen LogP contribution in [-0.4, -0.2) is 66.6 Å². The van der Waals surface area contributed by atoms with Crippen molar-refractivity contribution < 1.29 is 33.0 Å². The van der Waals surface area contributed by atoms with Crippen LogP contribution in [0, 0.1) is 0 Å². The van der Waals surface area contributed by atoms with Gasteiger partial charge >= 0.3 is 5.91 Å². The van der Waals surface area contributed by atoms with Crippen LogP contribution in [0.4, 0.5) is 0 Å². The van der Waals surface area contributed by atoms with Crippen LogP contribution in [0.25, 0.3) is 11.1 Å². The lowest BCUT2D eigenvalue weighted by molar-refractivity contribution is -0.123. The van der Waals surface area contributed by atoms with E-state index in [1.54, 1.807) is 29.2 Å². The number of para-hydroxylation sites is 2. The van der Waals surface area contributed by atoms with Gasteiger partial charge in [-0.2, -0.15) is 0 Å². The Hall–Kier alpha value is -5.06. The maximum absolute atomic E-state index is 13.5. The minimum atomic E-state index is -0.547. The average molecular weight is 557 g/mol. The fraction of sp³-hybridized carbons (Fsp3) is 0.267. The Morgan fingerprint density at radius 3 is 2.71 bits per heavy atom. The number of likely N-dealkylation sites (tertiary alicyclic amines) is 1. The number of amides is 3. The largest absolute Gasteiger partial charge is 0.493 e. The first-order valence-electron chi connectivity index (χ1n) is 13.3. The minimum absolute atomic E-state index is 0.00291. The van der Waals surface area contributed by atoms with E-state index in [2.05, 4.69) is 15.6 Å². The summed E-state index contributed by atoms with van der Waals surface area (Å²) in [5.41, 5.74) is 2.32. The number of aromatic nitrogens is 1. The van der Waals surface area contributed by atoms with Gasteiger partial charge in [0.2, 0.25) is 0 Å². The van der Waals surface area contributed by atoms with Crippen molar-refractivity contribution in [3.05, 3.63) is 83.7 Å². The maximum Gasteiger partial charge on any atom is 0.309 e. The topological polar surface area (TPSA) is 132 Å². The van der Waals surface area contributed by atoms with Crippen LogP contribution >= 0.6 is 0 Å². The van der Waals surface area contributed by atoms with Crippen molar-refractivity contribution in [2.24, 2.45) is 0 Å². The van der Waals surface area contributed by atoms with Gasteiger partial charge in [-0.15, -0.1) is 0 Å². The van der Waals surface area contributed by atoms with Crippen LogP contribution in [0.15, 0.2) is 71.1 Å². The van der Waals surface area contributed by atoms with Crippen LogP contribution in [0.2, 0.25) is 0 Å². The molecule has 3 aliphatic heterocycles. The van der Waals surface area contributed by atoms with Crippen molar-refractivity contribution in [3.8, 4) is 17.2 Å². The maximum atomic E-state index is 13.5. The lowest BCUT2D eigenvalue weighted by Gasteiger charge is -2.38. The second kappa shape index (κ2) is 11.2. The number of oxazole rings is 1. The smallest absolute Gasteiger partial charge is 0.309 e. The van der Waals surface area contributed by atoms with Gasteiger partial charge in [0.1, 0.15) is 17.4 Å². The van der Waals surface area contributed by atoms with Gasteiger partial charge in [-0.05, 0) is 48.0 Å². The van der Waals surface area contributed by atoms with Gasteiger partial charge in [0.25, 0.3) is 17.7 Å². The number of benzene rings is 3. The normalized spacial score (nSPS) is 19.3. The molecule has 3 aromatic carbocycles. The highest BCUT2D eigenvalue weighted by Crippen LogP contribution is 2.29. The molecule has 41 heavy (non-hydrogen) atoms. The van der Waals surface area contributed by atoms with E-state index in [9.17, 15) is 14.4 Å². The summed E-state index contributed by atoms with van der Waals surface area (Å²) in [5, 5.41) is 5.85. The Kier molecular flexibility index (Phi) is 7.15. The van der Waals surface area contributed by atoms with Crippen molar-refractivity contribution in [2.45, 2.75) is 25.1 Å². The fourth-order valence-electron chi connectivity index (χ4n) is 4.93. The Balaban J connectivity index is 1.29. The number of rotatable bonds is 2. The SMILES string of the molecule is COc1ccc2cc1OCC(=O)NCc1ccc(cc1)O[C@@H]1CCN(C(=O)c3nc4ccccc4o3)C[C@@H]1NC2=O. The number of carbonyl (C=O) groups excluding carboxylic acids is 3. The first kappa shape index (κ1) is 26.2. The number of methoxy groups -OCH3 is 1. The Morgan fingerprint density at radius 1 is 1.07 bits per heavy atom. The number of fused-ring (bicyclic) bond motifs is 8. The van der Waals surface area contributed by atoms with Crippen molar-refractivity contribution in [2.75, 3.05) is 26.8 Å². The number of hydrogen-bond donors (Lipinski definition) is 2. The minimum Gasteiger partial charge on any atom is -0.493 e. The van der Waals surface area contributed by atoms with E-state index >= 15 is 0 Å². The summed E-state index contributed by atoms with van der Waals surface area (Å²) in [7, 11) is 1.48. The van der Waals surface area contributed by atoms with Crippen LogP contribution in [0.1, 0.15) is 33.0 Å². The van der Waals surface area contributed by atoms with Crippen LogP contribution in [0.3, 0.4) is 0 Å². The highest BCUT2D eigenvalue weighted by Gasteiger charge is 2.36. The molecule has 4 heterocycles. The third kappa shape index (κ3) is 5.65. The monoisotopic (exact) mass is 556 g/mol. The van der Waals surface area contributed by atoms with Gasteiger partial charge in [0, 0.05) is 31.6 Å². The molecule has 0 radical (unpaired) electrons. The summed E-state index contributed by atoms with van der Waals surface area (Å²) in [5.74, 6) is 0.181. The van der Waals surface area contributed by atoms with Crippen LogP contribution in [0.5, 0.6) is 17.2 Å². The molecule has 2 N–H and O–H groups in total. The van der Waals surface area contributed by atoms with E-state index in [1.165, 1.54) is 13.2 Å². The molecule has 0 unspecified atom stereocenters. The number of piperidine rings is 1. The quantitative estimate of drug-likeness (QED) is 0.385. The molecule has 210 valence electrons. The molecule has 11 heteroatoms. The zero-order chi connectivity index (χ0) is 28.3. The molecule has 0 spiro atoms. The summed E-state index contributed by atoms with van der Waals surface area (Å²) in [6.07, 6.45) is 0.0490. The standard InChI is InChI=1S/C30H28N4O7/c1-38-25-11-8-19-14-26(25)39-17-27(35)31-15-18-6-9-20(10-7-18)40-24-12-13-34(16-22(24)32-28(19)36)30(37)29-33-21-4-2-3-5-23(21)41-29/h2-11,14,22,24H,12-13,15-17H2,1H3,(H,31,35)(H,32,36)/t22-,24+/m0/s1. The molecule has 0 aliphatic carbocycles. The number of hydrogen-bond acceptors (Lipinski definition) is 8. The number of ether oxygens (including phenoxy) is 3. The summed E-state index contributed by atoms with van der Waals surface area (Å²) in [6.45, 7) is 0.641. The third-order valence-electron chi connectivity index (χ3n) is 7.12. The van der Waals surface area contributed by atoms with E-state index in [1.807, 2.05) is 36.4 Å².